The molecule has 0 unspecified atom stereocenters. The van der Waals surface area contributed by atoms with Gasteiger partial charge in [0.15, 0.2) is 11.6 Å². The zero-order valence-electron chi connectivity index (χ0n) is 20.8. The van der Waals surface area contributed by atoms with Gasteiger partial charge in [0.1, 0.15) is 24.7 Å². The van der Waals surface area contributed by atoms with Crippen LogP contribution < -0.4 is 9.47 Å². The number of ether oxygens (including phenoxy) is 4. The summed E-state index contributed by atoms with van der Waals surface area (Å²) in [5.74, 6) is 1.60. The number of ketones is 2. The van der Waals surface area contributed by atoms with Crippen LogP contribution in [0.2, 0.25) is 0 Å². The summed E-state index contributed by atoms with van der Waals surface area (Å²) in [4.78, 5) is 23.1. The monoisotopic (exact) mass is 480 g/mol. The third-order valence-electron chi connectivity index (χ3n) is 5.20. The molecule has 35 heavy (non-hydrogen) atoms. The molecule has 0 atom stereocenters. The highest BCUT2D eigenvalue weighted by Gasteiger charge is 2.09. The van der Waals surface area contributed by atoms with Gasteiger partial charge in [-0.15, -0.1) is 0 Å². The average molecular weight is 481 g/mol. The number of carbonyl (C=O) groups is 2. The predicted octanol–water partition coefficient (Wildman–Crippen LogP) is 5.14. The molecule has 0 saturated carbocycles. The molecule has 0 saturated heterocycles. The first kappa shape index (κ1) is 28.0. The lowest BCUT2D eigenvalue weighted by atomic mass is 10.0. The van der Waals surface area contributed by atoms with Gasteiger partial charge < -0.3 is 18.9 Å². The van der Waals surface area contributed by atoms with Crippen molar-refractivity contribution in [3.63, 3.8) is 0 Å². The van der Waals surface area contributed by atoms with E-state index in [4.69, 9.17) is 18.9 Å². The average Bonchev–Trinajstić information content (AvgIpc) is 2.84. The molecular weight excluding hydrogens is 444 g/mol. The van der Waals surface area contributed by atoms with Crippen molar-refractivity contribution in [1.82, 2.24) is 0 Å². The normalized spacial score (nSPS) is 10.6. The Hall–Kier alpha value is -3.22. The first-order chi connectivity index (χ1) is 16.9. The van der Waals surface area contributed by atoms with Gasteiger partial charge in [0.2, 0.25) is 0 Å². The summed E-state index contributed by atoms with van der Waals surface area (Å²) in [5, 5.41) is 0. The molecule has 2 rings (SSSR count). The van der Waals surface area contributed by atoms with Gasteiger partial charge in [-0.2, -0.15) is 0 Å². The van der Waals surface area contributed by atoms with Gasteiger partial charge in [-0.3, -0.25) is 9.59 Å². The third-order valence-corrected chi connectivity index (χ3v) is 5.20. The maximum Gasteiger partial charge on any atom is 0.160 e. The Bertz CT molecular complexity index is 915. The van der Waals surface area contributed by atoms with E-state index >= 15 is 0 Å². The SMILES string of the molecule is C=C(C)C(=O)CCOCCOc1ccccc1Cc1ccccc1OCCOCCC(=O)C(=C)C. The van der Waals surface area contributed by atoms with Crippen molar-refractivity contribution >= 4 is 11.6 Å². The van der Waals surface area contributed by atoms with Crippen LogP contribution in [0.25, 0.3) is 0 Å². The molecule has 0 aliphatic heterocycles. The lowest BCUT2D eigenvalue weighted by Crippen LogP contribution is -2.12. The molecular formula is C29H36O6. The lowest BCUT2D eigenvalue weighted by Gasteiger charge is -2.15. The fourth-order valence-electron chi connectivity index (χ4n) is 3.17. The number of rotatable bonds is 18. The Kier molecular flexibility index (Phi) is 12.5. The minimum Gasteiger partial charge on any atom is -0.491 e. The summed E-state index contributed by atoms with van der Waals surface area (Å²) >= 11 is 0. The molecule has 0 fully saturated rings. The van der Waals surface area contributed by atoms with Crippen molar-refractivity contribution in [2.24, 2.45) is 0 Å². The van der Waals surface area contributed by atoms with E-state index in [1.165, 1.54) is 0 Å². The van der Waals surface area contributed by atoms with E-state index in [0.717, 1.165) is 22.6 Å². The van der Waals surface area contributed by atoms with E-state index in [9.17, 15) is 9.59 Å². The van der Waals surface area contributed by atoms with E-state index in [0.29, 0.717) is 70.0 Å². The summed E-state index contributed by atoms with van der Waals surface area (Å²) in [6.45, 7) is 13.0. The molecule has 188 valence electrons. The van der Waals surface area contributed by atoms with E-state index in [2.05, 4.69) is 13.2 Å². The number of benzene rings is 2. The molecule has 0 amide bonds. The van der Waals surface area contributed by atoms with E-state index in [-0.39, 0.29) is 11.6 Å². The molecule has 0 aromatic heterocycles. The van der Waals surface area contributed by atoms with Crippen LogP contribution in [-0.2, 0) is 25.5 Å². The number of allylic oxidation sites excluding steroid dienone is 2. The van der Waals surface area contributed by atoms with Crippen molar-refractivity contribution in [2.75, 3.05) is 39.6 Å². The second-order valence-corrected chi connectivity index (χ2v) is 8.22. The van der Waals surface area contributed by atoms with Crippen molar-refractivity contribution in [1.29, 1.82) is 0 Å². The molecule has 2 aromatic rings. The number of carbonyl (C=O) groups excluding carboxylic acids is 2. The number of hydrogen-bond acceptors (Lipinski definition) is 6. The number of hydrogen-bond donors (Lipinski definition) is 0. The van der Waals surface area contributed by atoms with Gasteiger partial charge in [0.05, 0.1) is 26.4 Å². The first-order valence-electron chi connectivity index (χ1n) is 11.8. The standard InChI is InChI=1S/C29H36O6/c1-22(2)26(30)13-15-32-17-19-34-28-11-7-5-9-24(28)21-25-10-6-8-12-29(25)35-20-18-33-16-14-27(31)23(3)4/h5-12H,1,3,13-21H2,2,4H3. The fraction of sp³-hybridized carbons (Fsp3) is 0.379. The van der Waals surface area contributed by atoms with E-state index in [1.54, 1.807) is 13.8 Å². The fourth-order valence-corrected chi connectivity index (χ4v) is 3.17. The molecule has 6 nitrogen and oxygen atoms in total. The molecule has 0 N–H and O–H groups in total. The molecule has 0 spiro atoms. The Morgan fingerprint density at radius 2 is 1.03 bits per heavy atom. The zero-order chi connectivity index (χ0) is 25.5. The molecule has 2 aromatic carbocycles. The second kappa shape index (κ2) is 15.6. The quantitative estimate of drug-likeness (QED) is 0.217. The largest absolute Gasteiger partial charge is 0.491 e. The summed E-state index contributed by atoms with van der Waals surface area (Å²) < 4.78 is 22.9. The Morgan fingerprint density at radius 1 is 0.629 bits per heavy atom. The van der Waals surface area contributed by atoms with Gasteiger partial charge in [-0.25, -0.2) is 0 Å². The second-order valence-electron chi connectivity index (χ2n) is 8.22. The van der Waals surface area contributed by atoms with Crippen LogP contribution in [0.3, 0.4) is 0 Å². The lowest BCUT2D eigenvalue weighted by molar-refractivity contribution is -0.117. The smallest absolute Gasteiger partial charge is 0.160 e. The van der Waals surface area contributed by atoms with Crippen molar-refractivity contribution in [3.05, 3.63) is 84.0 Å². The highest BCUT2D eigenvalue weighted by Crippen LogP contribution is 2.26. The van der Waals surface area contributed by atoms with Gasteiger partial charge in [-0.05, 0) is 48.3 Å². The molecule has 6 heteroatoms. The Labute approximate surface area is 208 Å². The summed E-state index contributed by atoms with van der Waals surface area (Å²) in [5.41, 5.74) is 3.17. The maximum absolute atomic E-state index is 11.6. The van der Waals surface area contributed by atoms with Gasteiger partial charge in [0, 0.05) is 19.3 Å². The van der Waals surface area contributed by atoms with E-state index in [1.807, 2.05) is 48.5 Å². The van der Waals surface area contributed by atoms with Crippen molar-refractivity contribution < 1.29 is 28.5 Å². The topological polar surface area (TPSA) is 71.1 Å². The van der Waals surface area contributed by atoms with Crippen LogP contribution in [0, 0.1) is 0 Å². The van der Waals surface area contributed by atoms with Gasteiger partial charge in [0.25, 0.3) is 0 Å². The van der Waals surface area contributed by atoms with Crippen LogP contribution in [0.15, 0.2) is 72.8 Å². The minimum atomic E-state index is 0.0154. The Morgan fingerprint density at radius 3 is 1.43 bits per heavy atom. The first-order valence-corrected chi connectivity index (χ1v) is 11.8. The van der Waals surface area contributed by atoms with Crippen LogP contribution >= 0.6 is 0 Å². The van der Waals surface area contributed by atoms with Crippen LogP contribution in [0.1, 0.15) is 37.8 Å². The summed E-state index contributed by atoms with van der Waals surface area (Å²) in [6.07, 6.45) is 1.31. The highest BCUT2D eigenvalue weighted by atomic mass is 16.5. The van der Waals surface area contributed by atoms with Crippen molar-refractivity contribution in [3.8, 4) is 11.5 Å². The van der Waals surface area contributed by atoms with E-state index < -0.39 is 0 Å². The molecule has 0 bridgehead atoms. The highest BCUT2D eigenvalue weighted by molar-refractivity contribution is 5.94. The molecule has 0 radical (unpaired) electrons. The van der Waals surface area contributed by atoms with Gasteiger partial charge >= 0.3 is 0 Å². The summed E-state index contributed by atoms with van der Waals surface area (Å²) in [6, 6.07) is 15.7. The van der Waals surface area contributed by atoms with Gasteiger partial charge in [-0.1, -0.05) is 49.6 Å². The molecule has 0 heterocycles. The minimum absolute atomic E-state index is 0.0154. The Balaban J connectivity index is 1.81. The van der Waals surface area contributed by atoms with Crippen LogP contribution in [0.5, 0.6) is 11.5 Å². The maximum atomic E-state index is 11.6. The van der Waals surface area contributed by atoms with Crippen LogP contribution in [0.4, 0.5) is 0 Å². The molecule has 0 aliphatic carbocycles. The molecule has 0 aliphatic rings. The van der Waals surface area contributed by atoms with Crippen LogP contribution in [-0.4, -0.2) is 51.2 Å². The third kappa shape index (κ3) is 10.7. The number of Topliss-reactive ketones (excluding diaryl/α,β-unsaturated/α-hetero) is 2. The predicted molar refractivity (Wildman–Crippen MR) is 137 cm³/mol. The zero-order valence-corrected chi connectivity index (χ0v) is 20.8. The number of para-hydroxylation sites is 2. The summed E-state index contributed by atoms with van der Waals surface area (Å²) in [7, 11) is 0. The van der Waals surface area contributed by atoms with Crippen molar-refractivity contribution in [2.45, 2.75) is 33.1 Å².